The van der Waals surface area contributed by atoms with E-state index in [0.717, 1.165) is 19.1 Å². The average molecular weight is 178 g/mol. The molecule has 0 aromatic rings. The quantitative estimate of drug-likeness (QED) is 0.445. The van der Waals surface area contributed by atoms with Crippen molar-refractivity contribution in [3.63, 3.8) is 0 Å². The lowest BCUT2D eigenvalue weighted by Gasteiger charge is -2.39. The molecule has 2 rings (SSSR count). The van der Waals surface area contributed by atoms with Gasteiger partial charge in [-0.1, -0.05) is 19.1 Å². The SMILES string of the molecule is C=C1CCC[C@]2(C)CC[C@@H](C=O)[C@H]12. The number of hydrogen-bond donors (Lipinski definition) is 0. The van der Waals surface area contributed by atoms with E-state index < -0.39 is 0 Å². The molecule has 1 heteroatoms. The van der Waals surface area contributed by atoms with Crippen LogP contribution in [0.4, 0.5) is 0 Å². The van der Waals surface area contributed by atoms with Crippen molar-refractivity contribution in [3.8, 4) is 0 Å². The zero-order valence-electron chi connectivity index (χ0n) is 8.38. The van der Waals surface area contributed by atoms with Crippen molar-refractivity contribution < 1.29 is 4.79 Å². The maximum absolute atomic E-state index is 10.9. The van der Waals surface area contributed by atoms with E-state index in [1.54, 1.807) is 0 Å². The summed E-state index contributed by atoms with van der Waals surface area (Å²) < 4.78 is 0. The first-order valence-corrected chi connectivity index (χ1v) is 5.30. The second kappa shape index (κ2) is 2.97. The number of fused-ring (bicyclic) bond motifs is 1. The van der Waals surface area contributed by atoms with Gasteiger partial charge in [0.15, 0.2) is 0 Å². The highest BCUT2D eigenvalue weighted by Crippen LogP contribution is 2.55. The van der Waals surface area contributed by atoms with E-state index in [1.165, 1.54) is 24.8 Å². The zero-order chi connectivity index (χ0) is 9.47. The summed E-state index contributed by atoms with van der Waals surface area (Å²) in [7, 11) is 0. The highest BCUT2D eigenvalue weighted by molar-refractivity contribution is 5.56. The van der Waals surface area contributed by atoms with E-state index in [-0.39, 0.29) is 5.92 Å². The fourth-order valence-corrected chi connectivity index (χ4v) is 3.43. The summed E-state index contributed by atoms with van der Waals surface area (Å²) in [4.78, 5) is 10.9. The summed E-state index contributed by atoms with van der Waals surface area (Å²) >= 11 is 0. The molecule has 1 nitrogen and oxygen atoms in total. The van der Waals surface area contributed by atoms with Crippen LogP contribution in [0.15, 0.2) is 12.2 Å². The van der Waals surface area contributed by atoms with Crippen LogP contribution in [-0.2, 0) is 4.79 Å². The van der Waals surface area contributed by atoms with Crippen LogP contribution in [0.3, 0.4) is 0 Å². The van der Waals surface area contributed by atoms with Gasteiger partial charge in [0.1, 0.15) is 6.29 Å². The standard InChI is InChI=1S/C12H18O/c1-9-4-3-6-12(2)7-5-10(8-13)11(9)12/h8,10-11H,1,3-7H2,2H3/t10-,11-,12+/m0/s1. The molecule has 0 amide bonds. The number of rotatable bonds is 1. The van der Waals surface area contributed by atoms with Gasteiger partial charge >= 0.3 is 0 Å². The monoisotopic (exact) mass is 178 g/mol. The molecule has 72 valence electrons. The van der Waals surface area contributed by atoms with Crippen LogP contribution in [0, 0.1) is 17.3 Å². The van der Waals surface area contributed by atoms with Crippen LogP contribution >= 0.6 is 0 Å². The Hall–Kier alpha value is -0.590. The van der Waals surface area contributed by atoms with Crippen LogP contribution in [0.25, 0.3) is 0 Å². The lowest BCUT2D eigenvalue weighted by molar-refractivity contribution is -0.112. The Labute approximate surface area is 80.2 Å². The van der Waals surface area contributed by atoms with Gasteiger partial charge in [0.2, 0.25) is 0 Å². The predicted octanol–water partition coefficient (Wildman–Crippen LogP) is 2.96. The molecule has 0 aromatic heterocycles. The predicted molar refractivity (Wildman–Crippen MR) is 53.4 cm³/mol. The first kappa shape index (κ1) is 8.98. The topological polar surface area (TPSA) is 17.1 Å². The Morgan fingerprint density at radius 1 is 1.54 bits per heavy atom. The maximum atomic E-state index is 10.9. The van der Waals surface area contributed by atoms with Gasteiger partial charge in [-0.15, -0.1) is 0 Å². The molecule has 2 saturated carbocycles. The van der Waals surface area contributed by atoms with E-state index in [2.05, 4.69) is 13.5 Å². The Morgan fingerprint density at radius 2 is 2.31 bits per heavy atom. The molecule has 2 fully saturated rings. The second-order valence-corrected chi connectivity index (χ2v) is 4.98. The van der Waals surface area contributed by atoms with Crippen molar-refractivity contribution in [2.75, 3.05) is 0 Å². The van der Waals surface area contributed by atoms with Crippen molar-refractivity contribution in [3.05, 3.63) is 12.2 Å². The Kier molecular flexibility index (Phi) is 2.05. The van der Waals surface area contributed by atoms with E-state index in [4.69, 9.17) is 0 Å². The van der Waals surface area contributed by atoms with Gasteiger partial charge in [0, 0.05) is 5.92 Å². The number of carbonyl (C=O) groups is 1. The second-order valence-electron chi connectivity index (χ2n) is 4.98. The highest BCUT2D eigenvalue weighted by atomic mass is 16.1. The fraction of sp³-hybridized carbons (Fsp3) is 0.750. The number of aldehydes is 1. The summed E-state index contributed by atoms with van der Waals surface area (Å²) in [6.07, 6.45) is 7.18. The van der Waals surface area contributed by atoms with Crippen LogP contribution in [0.5, 0.6) is 0 Å². The smallest absolute Gasteiger partial charge is 0.123 e. The molecule has 0 radical (unpaired) electrons. The summed E-state index contributed by atoms with van der Waals surface area (Å²) in [6.45, 7) is 6.48. The van der Waals surface area contributed by atoms with E-state index in [9.17, 15) is 4.79 Å². The van der Waals surface area contributed by atoms with Crippen LogP contribution < -0.4 is 0 Å². The molecule has 0 aromatic carbocycles. The molecule has 0 saturated heterocycles. The fourth-order valence-electron chi connectivity index (χ4n) is 3.43. The van der Waals surface area contributed by atoms with Gasteiger partial charge < -0.3 is 4.79 Å². The Bertz CT molecular complexity index is 244. The Morgan fingerprint density at radius 3 is 3.00 bits per heavy atom. The van der Waals surface area contributed by atoms with Gasteiger partial charge in [-0.25, -0.2) is 0 Å². The van der Waals surface area contributed by atoms with Gasteiger partial charge in [-0.05, 0) is 43.4 Å². The third-order valence-corrected chi connectivity index (χ3v) is 4.09. The highest BCUT2D eigenvalue weighted by Gasteiger charge is 2.47. The molecule has 0 heterocycles. The van der Waals surface area contributed by atoms with Gasteiger partial charge in [-0.2, -0.15) is 0 Å². The minimum Gasteiger partial charge on any atom is -0.303 e. The van der Waals surface area contributed by atoms with Crippen LogP contribution in [-0.4, -0.2) is 6.29 Å². The molecule has 0 unspecified atom stereocenters. The molecule has 13 heavy (non-hydrogen) atoms. The summed E-state index contributed by atoms with van der Waals surface area (Å²) in [5.74, 6) is 0.775. The first-order chi connectivity index (χ1) is 6.17. The summed E-state index contributed by atoms with van der Waals surface area (Å²) in [5, 5.41) is 0. The normalized spacial score (nSPS) is 44.5. The van der Waals surface area contributed by atoms with E-state index in [0.29, 0.717) is 11.3 Å². The van der Waals surface area contributed by atoms with Gasteiger partial charge in [0.05, 0.1) is 0 Å². The van der Waals surface area contributed by atoms with Crippen molar-refractivity contribution in [1.29, 1.82) is 0 Å². The molecule has 2 aliphatic rings. The third kappa shape index (κ3) is 1.25. The molecular formula is C12H18O. The molecule has 0 aliphatic heterocycles. The minimum atomic E-state index is 0.276. The number of allylic oxidation sites excluding steroid dienone is 1. The molecular weight excluding hydrogens is 160 g/mol. The molecule has 0 spiro atoms. The average Bonchev–Trinajstić information content (AvgIpc) is 2.43. The van der Waals surface area contributed by atoms with Crippen molar-refractivity contribution in [2.45, 2.75) is 39.0 Å². The van der Waals surface area contributed by atoms with Gasteiger partial charge in [-0.3, -0.25) is 0 Å². The number of hydrogen-bond acceptors (Lipinski definition) is 1. The van der Waals surface area contributed by atoms with Crippen LogP contribution in [0.2, 0.25) is 0 Å². The van der Waals surface area contributed by atoms with E-state index in [1.807, 2.05) is 0 Å². The van der Waals surface area contributed by atoms with E-state index >= 15 is 0 Å². The maximum Gasteiger partial charge on any atom is 0.123 e. The largest absolute Gasteiger partial charge is 0.303 e. The summed E-state index contributed by atoms with van der Waals surface area (Å²) in [6, 6.07) is 0. The third-order valence-electron chi connectivity index (χ3n) is 4.09. The van der Waals surface area contributed by atoms with Crippen molar-refractivity contribution in [1.82, 2.24) is 0 Å². The zero-order valence-corrected chi connectivity index (χ0v) is 8.38. The Balaban J connectivity index is 2.28. The molecule has 0 bridgehead atoms. The minimum absolute atomic E-state index is 0.276. The number of carbonyl (C=O) groups excluding carboxylic acids is 1. The first-order valence-electron chi connectivity index (χ1n) is 5.30. The van der Waals surface area contributed by atoms with Crippen LogP contribution in [0.1, 0.15) is 39.0 Å². The molecule has 0 N–H and O–H groups in total. The lowest BCUT2D eigenvalue weighted by Crippen LogP contribution is -2.30. The molecule has 2 aliphatic carbocycles. The van der Waals surface area contributed by atoms with Crippen molar-refractivity contribution in [2.24, 2.45) is 17.3 Å². The molecule has 3 atom stereocenters. The lowest BCUT2D eigenvalue weighted by atomic mass is 9.66. The van der Waals surface area contributed by atoms with Crippen molar-refractivity contribution >= 4 is 6.29 Å². The summed E-state index contributed by atoms with van der Waals surface area (Å²) in [5.41, 5.74) is 1.74. The van der Waals surface area contributed by atoms with Gasteiger partial charge in [0.25, 0.3) is 0 Å².